The van der Waals surface area contributed by atoms with Gasteiger partial charge in [-0.3, -0.25) is 10.1 Å². The van der Waals surface area contributed by atoms with Crippen LogP contribution in [0.1, 0.15) is 42.5 Å². The molecule has 0 aromatic heterocycles. The molecule has 30 heavy (non-hydrogen) atoms. The minimum Gasteiger partial charge on any atom is -0.497 e. The average Bonchev–Trinajstić information content (AvgIpc) is 2.74. The number of sulfonamides is 1. The van der Waals surface area contributed by atoms with Gasteiger partial charge in [-0.25, -0.2) is 13.1 Å². The molecule has 2 aromatic rings. The number of methoxy groups -OCH3 is 1. The predicted molar refractivity (Wildman–Crippen MR) is 120 cm³/mol. The average molecular weight is 448 g/mol. The van der Waals surface area contributed by atoms with Crippen molar-refractivity contribution in [3.05, 3.63) is 54.1 Å². The monoisotopic (exact) mass is 447 g/mol. The zero-order valence-electron chi connectivity index (χ0n) is 16.7. The third-order valence-electron chi connectivity index (χ3n) is 4.93. The van der Waals surface area contributed by atoms with Crippen molar-refractivity contribution in [1.29, 1.82) is 0 Å². The lowest BCUT2D eigenvalue weighted by Crippen LogP contribution is -2.36. The first-order valence-electron chi connectivity index (χ1n) is 9.76. The summed E-state index contributed by atoms with van der Waals surface area (Å²) in [6.45, 7) is 0. The van der Waals surface area contributed by atoms with Gasteiger partial charge in [0, 0.05) is 17.3 Å². The van der Waals surface area contributed by atoms with Crippen LogP contribution in [0, 0.1) is 0 Å². The molecule has 0 unspecified atom stereocenters. The summed E-state index contributed by atoms with van der Waals surface area (Å²) in [6, 6.07) is 12.9. The smallest absolute Gasteiger partial charge is 0.257 e. The van der Waals surface area contributed by atoms with Crippen molar-refractivity contribution < 1.29 is 17.9 Å². The van der Waals surface area contributed by atoms with Crippen LogP contribution in [0.15, 0.2) is 53.4 Å². The Labute approximate surface area is 182 Å². The van der Waals surface area contributed by atoms with Crippen LogP contribution in [0.2, 0.25) is 0 Å². The molecule has 0 saturated heterocycles. The van der Waals surface area contributed by atoms with E-state index in [1.165, 1.54) is 12.1 Å². The molecule has 1 saturated carbocycles. The van der Waals surface area contributed by atoms with Gasteiger partial charge in [0.25, 0.3) is 5.91 Å². The molecule has 0 radical (unpaired) electrons. The summed E-state index contributed by atoms with van der Waals surface area (Å²) in [4.78, 5) is 12.5. The van der Waals surface area contributed by atoms with E-state index in [0.29, 0.717) is 17.0 Å². The molecular weight excluding hydrogens is 422 g/mol. The molecule has 0 heterocycles. The van der Waals surface area contributed by atoms with Crippen LogP contribution in [0.4, 0.5) is 5.69 Å². The van der Waals surface area contributed by atoms with E-state index >= 15 is 0 Å². The Kier molecular flexibility index (Phi) is 7.41. The Morgan fingerprint density at radius 1 is 1.00 bits per heavy atom. The molecular formula is C21H25N3O4S2. The summed E-state index contributed by atoms with van der Waals surface area (Å²) in [5, 5.41) is 5.59. The first kappa shape index (κ1) is 22.2. The minimum atomic E-state index is -3.56. The number of amides is 1. The van der Waals surface area contributed by atoms with Crippen LogP contribution < -0.4 is 20.1 Å². The van der Waals surface area contributed by atoms with Crippen LogP contribution in [-0.4, -0.2) is 32.6 Å². The highest BCUT2D eigenvalue weighted by atomic mass is 32.2. The van der Waals surface area contributed by atoms with Gasteiger partial charge in [-0.2, -0.15) is 0 Å². The van der Waals surface area contributed by atoms with Gasteiger partial charge in [-0.15, -0.1) is 0 Å². The van der Waals surface area contributed by atoms with Gasteiger partial charge in [0.15, 0.2) is 5.11 Å². The molecule has 9 heteroatoms. The van der Waals surface area contributed by atoms with Crippen molar-refractivity contribution in [2.75, 3.05) is 12.4 Å². The standard InChI is InChI=1S/C21H25N3O4S2/c1-28-18-11-7-15(8-12-18)20(25)23-21(29)22-16-9-13-19(14-10-16)30(26,27)24-17-5-3-2-4-6-17/h7-14,17,24H,2-6H2,1H3,(H2,22,23,25,29). The van der Waals surface area contributed by atoms with Gasteiger partial charge in [0.2, 0.25) is 10.0 Å². The van der Waals surface area contributed by atoms with Crippen LogP contribution in [0.3, 0.4) is 0 Å². The van der Waals surface area contributed by atoms with E-state index < -0.39 is 10.0 Å². The van der Waals surface area contributed by atoms with E-state index in [9.17, 15) is 13.2 Å². The van der Waals surface area contributed by atoms with Gasteiger partial charge in [0.05, 0.1) is 12.0 Å². The predicted octanol–water partition coefficient (Wildman–Crippen LogP) is 3.43. The molecule has 3 rings (SSSR count). The Bertz CT molecular complexity index is 984. The summed E-state index contributed by atoms with van der Waals surface area (Å²) in [6.07, 6.45) is 5.01. The van der Waals surface area contributed by atoms with Crippen molar-refractivity contribution >= 4 is 38.9 Å². The van der Waals surface area contributed by atoms with E-state index in [1.54, 1.807) is 43.5 Å². The maximum Gasteiger partial charge on any atom is 0.257 e. The van der Waals surface area contributed by atoms with Crippen molar-refractivity contribution in [3.8, 4) is 5.75 Å². The van der Waals surface area contributed by atoms with Crippen molar-refractivity contribution in [2.45, 2.75) is 43.0 Å². The highest BCUT2D eigenvalue weighted by Gasteiger charge is 2.21. The number of ether oxygens (including phenoxy) is 1. The van der Waals surface area contributed by atoms with Gasteiger partial charge >= 0.3 is 0 Å². The van der Waals surface area contributed by atoms with E-state index in [1.807, 2.05) is 0 Å². The fourth-order valence-electron chi connectivity index (χ4n) is 3.31. The van der Waals surface area contributed by atoms with Crippen molar-refractivity contribution in [2.24, 2.45) is 0 Å². The lowest BCUT2D eigenvalue weighted by Gasteiger charge is -2.22. The van der Waals surface area contributed by atoms with E-state index in [4.69, 9.17) is 17.0 Å². The van der Waals surface area contributed by atoms with Gasteiger partial charge in [-0.05, 0) is 73.6 Å². The Balaban J connectivity index is 1.56. The number of anilines is 1. The van der Waals surface area contributed by atoms with Crippen LogP contribution in [-0.2, 0) is 10.0 Å². The first-order valence-corrected chi connectivity index (χ1v) is 11.7. The van der Waals surface area contributed by atoms with E-state index in [-0.39, 0.29) is 22.0 Å². The zero-order valence-corrected chi connectivity index (χ0v) is 18.3. The summed E-state index contributed by atoms with van der Waals surface area (Å²) in [7, 11) is -2.00. The van der Waals surface area contributed by atoms with E-state index in [0.717, 1.165) is 32.1 Å². The highest BCUT2D eigenvalue weighted by molar-refractivity contribution is 7.89. The van der Waals surface area contributed by atoms with Gasteiger partial charge < -0.3 is 10.1 Å². The molecule has 1 aliphatic rings. The molecule has 0 bridgehead atoms. The number of carbonyl (C=O) groups excluding carboxylic acids is 1. The third-order valence-corrected chi connectivity index (χ3v) is 6.67. The number of carbonyl (C=O) groups is 1. The molecule has 1 fully saturated rings. The second-order valence-electron chi connectivity index (χ2n) is 7.12. The van der Waals surface area contributed by atoms with Crippen molar-refractivity contribution in [3.63, 3.8) is 0 Å². The summed E-state index contributed by atoms with van der Waals surface area (Å²) in [5.74, 6) is 0.298. The molecule has 2 aromatic carbocycles. The molecule has 0 spiro atoms. The molecule has 160 valence electrons. The topological polar surface area (TPSA) is 96.5 Å². The molecule has 7 nitrogen and oxygen atoms in total. The second-order valence-corrected chi connectivity index (χ2v) is 9.24. The molecule has 1 aliphatic carbocycles. The largest absolute Gasteiger partial charge is 0.497 e. The SMILES string of the molecule is COc1ccc(C(=O)NC(=S)Nc2ccc(S(=O)(=O)NC3CCCCC3)cc2)cc1. The van der Waals surface area contributed by atoms with Crippen LogP contribution in [0.5, 0.6) is 5.75 Å². The number of nitrogens with one attached hydrogen (secondary N) is 3. The first-order chi connectivity index (χ1) is 14.4. The number of benzene rings is 2. The second kappa shape index (κ2) is 10.0. The molecule has 3 N–H and O–H groups in total. The molecule has 0 aliphatic heterocycles. The molecule has 0 atom stereocenters. The molecule has 1 amide bonds. The lowest BCUT2D eigenvalue weighted by molar-refractivity contribution is 0.0977. The fourth-order valence-corrected chi connectivity index (χ4v) is 4.82. The third kappa shape index (κ3) is 6.01. The fraction of sp³-hybridized carbons (Fsp3) is 0.333. The van der Waals surface area contributed by atoms with Gasteiger partial charge in [0.1, 0.15) is 5.75 Å². The van der Waals surface area contributed by atoms with Crippen molar-refractivity contribution in [1.82, 2.24) is 10.0 Å². The Morgan fingerprint density at radius 3 is 2.23 bits per heavy atom. The lowest BCUT2D eigenvalue weighted by atomic mass is 9.96. The summed E-state index contributed by atoms with van der Waals surface area (Å²) in [5.41, 5.74) is 1.02. The maximum absolute atomic E-state index is 12.6. The number of rotatable bonds is 6. The zero-order chi connectivity index (χ0) is 21.6. The summed E-state index contributed by atoms with van der Waals surface area (Å²) >= 11 is 5.18. The number of hydrogen-bond acceptors (Lipinski definition) is 5. The Hall–Kier alpha value is -2.49. The van der Waals surface area contributed by atoms with Crippen LogP contribution in [0.25, 0.3) is 0 Å². The normalized spacial score (nSPS) is 14.7. The van der Waals surface area contributed by atoms with E-state index in [2.05, 4.69) is 15.4 Å². The summed E-state index contributed by atoms with van der Waals surface area (Å²) < 4.78 is 33.0. The van der Waals surface area contributed by atoms with Crippen LogP contribution >= 0.6 is 12.2 Å². The maximum atomic E-state index is 12.6. The number of thiocarbonyl (C=S) groups is 1. The Morgan fingerprint density at radius 2 is 1.63 bits per heavy atom. The minimum absolute atomic E-state index is 0.00213. The quantitative estimate of drug-likeness (QED) is 0.587. The highest BCUT2D eigenvalue weighted by Crippen LogP contribution is 2.21. The van der Waals surface area contributed by atoms with Gasteiger partial charge in [-0.1, -0.05) is 19.3 Å². The number of hydrogen-bond donors (Lipinski definition) is 3.